The standard InChI is InChI=1S/C14H15N3O/c1-16-12(10-15)6-8-18-13-4-5-14-11(9-13)3-2-7-17-14/h2-5,7,9,12,16H,6,8H2,1H3. The van der Waals surface area contributed by atoms with Crippen LogP contribution < -0.4 is 10.1 Å². The molecule has 92 valence electrons. The van der Waals surface area contributed by atoms with Gasteiger partial charge in [-0.05, 0) is 31.3 Å². The van der Waals surface area contributed by atoms with Crippen molar-refractivity contribution in [1.29, 1.82) is 5.26 Å². The Balaban J connectivity index is 1.98. The predicted octanol–water partition coefficient (Wildman–Crippen LogP) is 2.12. The molecule has 18 heavy (non-hydrogen) atoms. The Morgan fingerprint density at radius 1 is 1.44 bits per heavy atom. The van der Waals surface area contributed by atoms with E-state index in [1.807, 2.05) is 30.3 Å². The van der Waals surface area contributed by atoms with Crippen LogP contribution in [0.15, 0.2) is 36.5 Å². The first-order valence-corrected chi connectivity index (χ1v) is 5.88. The molecule has 0 aliphatic heterocycles. The summed E-state index contributed by atoms with van der Waals surface area (Å²) in [5.41, 5.74) is 0.954. The molecule has 1 unspecified atom stereocenters. The monoisotopic (exact) mass is 241 g/mol. The number of fused-ring (bicyclic) bond motifs is 1. The SMILES string of the molecule is CNC(C#N)CCOc1ccc2ncccc2c1. The first-order valence-electron chi connectivity index (χ1n) is 5.88. The molecule has 4 nitrogen and oxygen atoms in total. The van der Waals surface area contributed by atoms with Crippen molar-refractivity contribution < 1.29 is 4.74 Å². The maximum atomic E-state index is 8.79. The van der Waals surface area contributed by atoms with Crippen molar-refractivity contribution in [2.24, 2.45) is 0 Å². The fourth-order valence-corrected chi connectivity index (χ4v) is 1.71. The number of pyridine rings is 1. The average Bonchev–Trinajstić information content (AvgIpc) is 2.43. The molecule has 0 saturated carbocycles. The maximum absolute atomic E-state index is 8.79. The van der Waals surface area contributed by atoms with E-state index in [0.717, 1.165) is 16.7 Å². The molecule has 0 radical (unpaired) electrons. The highest BCUT2D eigenvalue weighted by Gasteiger charge is 2.04. The van der Waals surface area contributed by atoms with Gasteiger partial charge in [-0.1, -0.05) is 6.07 Å². The molecule has 0 bridgehead atoms. The van der Waals surface area contributed by atoms with Crippen LogP contribution in [-0.4, -0.2) is 24.7 Å². The lowest BCUT2D eigenvalue weighted by Gasteiger charge is -2.09. The van der Waals surface area contributed by atoms with Crippen LogP contribution in [0.5, 0.6) is 5.75 Å². The van der Waals surface area contributed by atoms with E-state index in [1.165, 1.54) is 0 Å². The normalized spacial score (nSPS) is 12.0. The number of nitrogens with zero attached hydrogens (tertiary/aromatic N) is 2. The summed E-state index contributed by atoms with van der Waals surface area (Å²) in [6.07, 6.45) is 2.44. The number of aromatic nitrogens is 1. The zero-order chi connectivity index (χ0) is 12.8. The van der Waals surface area contributed by atoms with E-state index in [-0.39, 0.29) is 6.04 Å². The number of hydrogen-bond donors (Lipinski definition) is 1. The summed E-state index contributed by atoms with van der Waals surface area (Å²) < 4.78 is 5.63. The van der Waals surface area contributed by atoms with Crippen LogP contribution in [0.4, 0.5) is 0 Å². The van der Waals surface area contributed by atoms with Crippen molar-refractivity contribution >= 4 is 10.9 Å². The van der Waals surface area contributed by atoms with Crippen LogP contribution in [0.1, 0.15) is 6.42 Å². The second-order valence-electron chi connectivity index (χ2n) is 3.97. The van der Waals surface area contributed by atoms with E-state index in [2.05, 4.69) is 16.4 Å². The average molecular weight is 241 g/mol. The topological polar surface area (TPSA) is 57.9 Å². The lowest BCUT2D eigenvalue weighted by Crippen LogP contribution is -2.25. The number of hydrogen-bond acceptors (Lipinski definition) is 4. The second-order valence-corrected chi connectivity index (χ2v) is 3.97. The van der Waals surface area contributed by atoms with E-state index in [4.69, 9.17) is 10.00 Å². The van der Waals surface area contributed by atoms with Gasteiger partial charge in [0.1, 0.15) is 5.75 Å². The van der Waals surface area contributed by atoms with E-state index < -0.39 is 0 Å². The van der Waals surface area contributed by atoms with E-state index in [9.17, 15) is 0 Å². The van der Waals surface area contributed by atoms with Crippen molar-refractivity contribution in [3.63, 3.8) is 0 Å². The summed E-state index contributed by atoms with van der Waals surface area (Å²) in [6.45, 7) is 0.519. The van der Waals surface area contributed by atoms with Gasteiger partial charge in [0.05, 0.1) is 24.2 Å². The highest BCUT2D eigenvalue weighted by atomic mass is 16.5. The van der Waals surface area contributed by atoms with Gasteiger partial charge < -0.3 is 10.1 Å². The predicted molar refractivity (Wildman–Crippen MR) is 70.3 cm³/mol. The Kier molecular flexibility index (Phi) is 4.11. The Morgan fingerprint density at radius 2 is 2.33 bits per heavy atom. The van der Waals surface area contributed by atoms with Crippen molar-refractivity contribution in [3.8, 4) is 11.8 Å². The molecule has 1 aromatic carbocycles. The minimum atomic E-state index is -0.160. The van der Waals surface area contributed by atoms with Crippen molar-refractivity contribution in [2.75, 3.05) is 13.7 Å². The number of nitrogens with one attached hydrogen (secondary N) is 1. The van der Waals surface area contributed by atoms with Gasteiger partial charge in [-0.2, -0.15) is 5.26 Å². The van der Waals surface area contributed by atoms with Crippen molar-refractivity contribution in [1.82, 2.24) is 10.3 Å². The smallest absolute Gasteiger partial charge is 0.120 e. The Labute approximate surface area is 106 Å². The third-order valence-electron chi connectivity index (χ3n) is 2.75. The van der Waals surface area contributed by atoms with Crippen molar-refractivity contribution in [2.45, 2.75) is 12.5 Å². The number of ether oxygens (including phenoxy) is 1. The lowest BCUT2D eigenvalue weighted by molar-refractivity contribution is 0.300. The molecule has 1 heterocycles. The van der Waals surface area contributed by atoms with E-state index in [1.54, 1.807) is 13.2 Å². The summed E-state index contributed by atoms with van der Waals surface area (Å²) in [6, 6.07) is 11.7. The van der Waals surface area contributed by atoms with Crippen LogP contribution >= 0.6 is 0 Å². The molecular weight excluding hydrogens is 226 g/mol. The van der Waals surface area contributed by atoms with Gasteiger partial charge in [0.2, 0.25) is 0 Å². The summed E-state index contributed by atoms with van der Waals surface area (Å²) in [5, 5.41) is 12.8. The van der Waals surface area contributed by atoms with Gasteiger partial charge >= 0.3 is 0 Å². The van der Waals surface area contributed by atoms with E-state index >= 15 is 0 Å². The summed E-state index contributed by atoms with van der Waals surface area (Å²) in [5.74, 6) is 0.809. The van der Waals surface area contributed by atoms with Crippen LogP contribution in [0, 0.1) is 11.3 Å². The Bertz CT molecular complexity index is 562. The number of nitriles is 1. The molecule has 1 atom stereocenters. The van der Waals surface area contributed by atoms with Crippen LogP contribution in [0.25, 0.3) is 10.9 Å². The molecule has 0 spiro atoms. The summed E-state index contributed by atoms with van der Waals surface area (Å²) >= 11 is 0. The first kappa shape index (κ1) is 12.3. The minimum Gasteiger partial charge on any atom is -0.493 e. The number of rotatable bonds is 5. The number of benzene rings is 1. The minimum absolute atomic E-state index is 0.160. The molecule has 1 aromatic heterocycles. The zero-order valence-electron chi connectivity index (χ0n) is 10.3. The molecule has 0 saturated heterocycles. The lowest BCUT2D eigenvalue weighted by atomic mass is 10.2. The molecular formula is C14H15N3O. The molecule has 2 aromatic rings. The quantitative estimate of drug-likeness (QED) is 0.871. The zero-order valence-corrected chi connectivity index (χ0v) is 10.3. The van der Waals surface area contributed by atoms with Gasteiger partial charge in [0, 0.05) is 18.0 Å². The molecule has 0 fully saturated rings. The maximum Gasteiger partial charge on any atom is 0.120 e. The fraction of sp³-hybridized carbons (Fsp3) is 0.286. The van der Waals surface area contributed by atoms with Crippen LogP contribution in [-0.2, 0) is 0 Å². The van der Waals surface area contributed by atoms with Crippen molar-refractivity contribution in [3.05, 3.63) is 36.5 Å². The largest absolute Gasteiger partial charge is 0.493 e. The molecule has 0 amide bonds. The second kappa shape index (κ2) is 5.99. The highest BCUT2D eigenvalue weighted by molar-refractivity contribution is 5.79. The summed E-state index contributed by atoms with van der Waals surface area (Å²) in [7, 11) is 1.77. The van der Waals surface area contributed by atoms with Gasteiger partial charge in [-0.25, -0.2) is 0 Å². The fourth-order valence-electron chi connectivity index (χ4n) is 1.71. The van der Waals surface area contributed by atoms with Gasteiger partial charge in [-0.3, -0.25) is 4.98 Å². The van der Waals surface area contributed by atoms with Crippen LogP contribution in [0.3, 0.4) is 0 Å². The highest BCUT2D eigenvalue weighted by Crippen LogP contribution is 2.19. The first-order chi connectivity index (χ1) is 8.83. The van der Waals surface area contributed by atoms with Crippen LogP contribution in [0.2, 0.25) is 0 Å². The van der Waals surface area contributed by atoms with Gasteiger partial charge in [0.25, 0.3) is 0 Å². The molecule has 2 rings (SSSR count). The van der Waals surface area contributed by atoms with E-state index in [0.29, 0.717) is 13.0 Å². The third kappa shape index (κ3) is 2.96. The molecule has 1 N–H and O–H groups in total. The molecule has 4 heteroatoms. The summed E-state index contributed by atoms with van der Waals surface area (Å²) in [4.78, 5) is 4.25. The van der Waals surface area contributed by atoms with Gasteiger partial charge in [0.15, 0.2) is 0 Å². The Hall–Kier alpha value is -2.12. The third-order valence-corrected chi connectivity index (χ3v) is 2.75. The van der Waals surface area contributed by atoms with Gasteiger partial charge in [-0.15, -0.1) is 0 Å². The molecule has 0 aliphatic carbocycles. The Morgan fingerprint density at radius 3 is 3.11 bits per heavy atom. The molecule has 0 aliphatic rings.